The molecule has 0 radical (unpaired) electrons. The molecule has 0 aliphatic carbocycles. The third-order valence-electron chi connectivity index (χ3n) is 14.2. The van der Waals surface area contributed by atoms with Crippen LogP contribution >= 0.6 is 0 Å². The quantitative estimate of drug-likeness (QED) is 0.142. The van der Waals surface area contributed by atoms with Gasteiger partial charge in [-0.15, -0.1) is 0 Å². The summed E-state index contributed by atoms with van der Waals surface area (Å²) in [6.45, 7) is 31.7. The Hall–Kier alpha value is -11.7. The van der Waals surface area contributed by atoms with E-state index in [9.17, 15) is 5.26 Å². The molecule has 13 rings (SSSR count). The monoisotopic (exact) mass is 992 g/mol. The third kappa shape index (κ3) is 7.91. The lowest BCUT2D eigenvalue weighted by molar-refractivity contribution is 1.07. The lowest BCUT2D eigenvalue weighted by Crippen LogP contribution is -2.03. The normalized spacial score (nSPS) is 11.0. The van der Waals surface area contributed by atoms with Crippen LogP contribution < -0.4 is 0 Å². The van der Waals surface area contributed by atoms with E-state index in [4.69, 9.17) is 41.2 Å². The number of hydrogen-bond donors (Lipinski definition) is 0. The van der Waals surface area contributed by atoms with Gasteiger partial charge in [-0.1, -0.05) is 133 Å². The molecule has 0 fully saturated rings. The summed E-state index contributed by atoms with van der Waals surface area (Å²) in [5, 5.41) is 13.9. The number of rotatable bonds is 8. The van der Waals surface area contributed by atoms with Gasteiger partial charge >= 0.3 is 0 Å². The van der Waals surface area contributed by atoms with Crippen LogP contribution in [0.2, 0.25) is 0 Å². The van der Waals surface area contributed by atoms with Crippen molar-refractivity contribution in [3.8, 4) is 85.0 Å². The molecule has 3 aromatic heterocycles. The van der Waals surface area contributed by atoms with Crippen molar-refractivity contribution in [1.29, 1.82) is 5.26 Å². The van der Waals surface area contributed by atoms with Crippen LogP contribution in [-0.2, 0) is 0 Å². The third-order valence-corrected chi connectivity index (χ3v) is 14.2. The number of aromatic nitrogens is 5. The van der Waals surface area contributed by atoms with Gasteiger partial charge in [-0.3, -0.25) is 0 Å². The molecule has 0 aliphatic heterocycles. The summed E-state index contributed by atoms with van der Waals surface area (Å²) in [5.41, 5.74) is 14.7. The SMILES string of the molecule is [C-]#[N+]c1cc(C#N)cc(-c2ccc3c(c2)c2ccccc2n3-c2ccc([N+]#[C-])cc2-c2cc(-c3nc(-c4ccccc4)nc(-c4ccccc4)n3)ccc2-n2c3ccccc3c3cc(-c4cc([N+]#[C-])cc([N+]#[C-])c4)ccc32)c1. The molecule has 0 saturated heterocycles. The van der Waals surface area contributed by atoms with Crippen molar-refractivity contribution in [3.05, 3.63) is 270 Å². The highest BCUT2D eigenvalue weighted by Gasteiger charge is 2.24. The van der Waals surface area contributed by atoms with Crippen LogP contribution in [0.5, 0.6) is 0 Å². The minimum atomic E-state index is 0.393. The van der Waals surface area contributed by atoms with Crippen LogP contribution in [0.15, 0.2) is 218 Å². The molecule has 3 heterocycles. The highest BCUT2D eigenvalue weighted by Crippen LogP contribution is 2.45. The van der Waals surface area contributed by atoms with Gasteiger partial charge < -0.3 is 9.13 Å². The van der Waals surface area contributed by atoms with Crippen molar-refractivity contribution in [3.63, 3.8) is 0 Å². The number of fused-ring (bicyclic) bond motifs is 6. The Morgan fingerprint density at radius 2 is 0.744 bits per heavy atom. The summed E-state index contributed by atoms with van der Waals surface area (Å²) >= 11 is 0. The first-order valence-corrected chi connectivity index (χ1v) is 24.8. The van der Waals surface area contributed by atoms with Gasteiger partial charge in [-0.25, -0.2) is 34.3 Å². The Bertz CT molecular complexity index is 4740. The van der Waals surface area contributed by atoms with Crippen LogP contribution in [0.3, 0.4) is 0 Å². The van der Waals surface area contributed by atoms with Gasteiger partial charge in [0.1, 0.15) is 0 Å². The van der Waals surface area contributed by atoms with Crippen LogP contribution in [0.25, 0.3) is 142 Å². The minimum Gasteiger partial charge on any atom is -0.309 e. The Kier molecular flexibility index (Phi) is 11.2. The molecule has 10 aromatic carbocycles. The van der Waals surface area contributed by atoms with E-state index in [0.717, 1.165) is 105 Å². The van der Waals surface area contributed by atoms with Crippen molar-refractivity contribution in [2.75, 3.05) is 0 Å². The minimum absolute atomic E-state index is 0.393. The molecule has 0 amide bonds. The van der Waals surface area contributed by atoms with Crippen molar-refractivity contribution in [2.45, 2.75) is 0 Å². The number of hydrogen-bond acceptors (Lipinski definition) is 4. The average Bonchev–Trinajstić information content (AvgIpc) is 4.11. The average molecular weight is 993 g/mol. The molecule has 358 valence electrons. The van der Waals surface area contributed by atoms with Gasteiger partial charge in [-0.2, -0.15) is 5.26 Å². The number of nitrogens with zero attached hydrogens (tertiary/aromatic N) is 10. The molecule has 0 N–H and O–H groups in total. The maximum absolute atomic E-state index is 9.90. The summed E-state index contributed by atoms with van der Waals surface area (Å²) in [4.78, 5) is 30.4. The molecule has 0 aliphatic rings. The maximum Gasteiger partial charge on any atom is 0.189 e. The second-order valence-corrected chi connectivity index (χ2v) is 18.7. The zero-order valence-electron chi connectivity index (χ0n) is 41.3. The standard InChI is InChI=1S/C68H36N10/c1-70-50-26-30-65(78-61-22-14-12-19-54(61)56-36-45(23-27-63(56)78)48-31-42(41-69)32-51(33-48)71-2)59(40-50)58-38-47(68-75-66(43-15-7-5-8-16-43)74-67(76-68)44-17-9-6-10-18-44)25-29-64(58)77-60-21-13-11-20-55(60)57-37-46(24-28-62(57)77)49-34-52(72-3)39-53(35-49)73-4/h5-40H. The Balaban J connectivity index is 1.10. The van der Waals surface area contributed by atoms with Crippen molar-refractivity contribution < 1.29 is 0 Å². The van der Waals surface area contributed by atoms with Crippen LogP contribution in [-0.4, -0.2) is 24.1 Å². The van der Waals surface area contributed by atoms with Gasteiger partial charge in [-0.05, 0) is 113 Å². The molecule has 0 spiro atoms. The number of benzene rings is 10. The van der Waals surface area contributed by atoms with Crippen LogP contribution in [0, 0.1) is 37.6 Å². The topological polar surface area (TPSA) is 89.8 Å². The van der Waals surface area contributed by atoms with E-state index in [2.05, 4.69) is 101 Å². The summed E-state index contributed by atoms with van der Waals surface area (Å²) in [7, 11) is 0. The van der Waals surface area contributed by atoms with Gasteiger partial charge in [0.25, 0.3) is 0 Å². The molecule has 0 saturated carbocycles. The van der Waals surface area contributed by atoms with Crippen molar-refractivity contribution in [1.82, 2.24) is 24.1 Å². The largest absolute Gasteiger partial charge is 0.309 e. The molecule has 0 bridgehead atoms. The molecule has 10 nitrogen and oxygen atoms in total. The summed E-state index contributed by atoms with van der Waals surface area (Å²) in [6.07, 6.45) is 0. The predicted octanol–water partition coefficient (Wildman–Crippen LogP) is 18.1. The second-order valence-electron chi connectivity index (χ2n) is 18.7. The summed E-state index contributed by atoms with van der Waals surface area (Å²) < 4.78 is 4.52. The summed E-state index contributed by atoms with van der Waals surface area (Å²) in [6, 6.07) is 73.7. The van der Waals surface area contributed by atoms with Crippen molar-refractivity contribution >= 4 is 66.4 Å². The van der Waals surface area contributed by atoms with E-state index in [-0.39, 0.29) is 0 Å². The Labute approximate surface area is 448 Å². The van der Waals surface area contributed by atoms with E-state index in [1.54, 1.807) is 12.1 Å². The first-order valence-electron chi connectivity index (χ1n) is 24.8. The first kappa shape index (κ1) is 46.1. The molecule has 13 aromatic rings. The maximum atomic E-state index is 9.90. The highest BCUT2D eigenvalue weighted by molar-refractivity contribution is 6.13. The second kappa shape index (κ2) is 18.9. The van der Waals surface area contributed by atoms with Crippen molar-refractivity contribution in [2.24, 2.45) is 0 Å². The van der Waals surface area contributed by atoms with E-state index in [1.165, 1.54) is 0 Å². The number of para-hydroxylation sites is 2. The fraction of sp³-hybridized carbons (Fsp3) is 0. The molecule has 78 heavy (non-hydrogen) atoms. The molecular formula is C68H36N10. The molecule has 10 heteroatoms. The molecule has 0 atom stereocenters. The van der Waals surface area contributed by atoms with E-state index in [1.807, 2.05) is 140 Å². The van der Waals surface area contributed by atoms with E-state index < -0.39 is 0 Å². The predicted molar refractivity (Wildman–Crippen MR) is 311 cm³/mol. The summed E-state index contributed by atoms with van der Waals surface area (Å²) in [5.74, 6) is 1.52. The Morgan fingerprint density at radius 1 is 0.321 bits per heavy atom. The fourth-order valence-electron chi connectivity index (χ4n) is 10.6. The van der Waals surface area contributed by atoms with Gasteiger partial charge in [0.2, 0.25) is 0 Å². The van der Waals surface area contributed by atoms with E-state index >= 15 is 0 Å². The van der Waals surface area contributed by atoms with Gasteiger partial charge in [0, 0.05) is 49.4 Å². The smallest absolute Gasteiger partial charge is 0.189 e. The highest BCUT2D eigenvalue weighted by atomic mass is 15.0. The Morgan fingerprint density at radius 3 is 1.26 bits per heavy atom. The number of nitriles is 1. The zero-order chi connectivity index (χ0) is 52.9. The van der Waals surface area contributed by atoms with Crippen LogP contribution in [0.1, 0.15) is 5.56 Å². The lowest BCUT2D eigenvalue weighted by atomic mass is 9.97. The zero-order valence-corrected chi connectivity index (χ0v) is 41.3. The fourth-order valence-corrected chi connectivity index (χ4v) is 10.6. The first-order chi connectivity index (χ1) is 38.4. The van der Waals surface area contributed by atoms with E-state index in [0.29, 0.717) is 45.8 Å². The molecule has 0 unspecified atom stereocenters. The lowest BCUT2D eigenvalue weighted by Gasteiger charge is -2.20. The van der Waals surface area contributed by atoms with Gasteiger partial charge in [0.05, 0.1) is 65.8 Å². The van der Waals surface area contributed by atoms with Crippen LogP contribution in [0.4, 0.5) is 22.7 Å². The molecular weight excluding hydrogens is 957 g/mol. The van der Waals surface area contributed by atoms with Gasteiger partial charge in [0.15, 0.2) is 40.2 Å².